The van der Waals surface area contributed by atoms with Crippen molar-refractivity contribution >= 4 is 10.2 Å². The van der Waals surface area contributed by atoms with Gasteiger partial charge in [-0.2, -0.15) is 17.4 Å². The average molecular weight is 238 g/mol. The zero-order chi connectivity index (χ0) is 11.9. The van der Waals surface area contributed by atoms with Crippen LogP contribution in [0.15, 0.2) is 0 Å². The molecule has 0 amide bonds. The van der Waals surface area contributed by atoms with Crippen LogP contribution in [0, 0.1) is 0 Å². The van der Waals surface area contributed by atoms with Crippen LogP contribution in [0.4, 0.5) is 0 Å². The number of nitrogens with zero attached hydrogens (tertiary/aromatic N) is 1. The molecule has 5 nitrogen and oxygen atoms in total. The molecule has 0 bridgehead atoms. The van der Waals surface area contributed by atoms with Crippen LogP contribution in [0.5, 0.6) is 0 Å². The quantitative estimate of drug-likeness (QED) is 0.640. The highest BCUT2D eigenvalue weighted by atomic mass is 32.2. The van der Waals surface area contributed by atoms with Gasteiger partial charge < -0.3 is 5.11 Å². The van der Waals surface area contributed by atoms with Crippen molar-refractivity contribution in [3.8, 4) is 0 Å². The molecule has 0 rings (SSSR count). The second kappa shape index (κ2) is 7.16. The summed E-state index contributed by atoms with van der Waals surface area (Å²) in [5.74, 6) is 0. The van der Waals surface area contributed by atoms with Crippen molar-refractivity contribution < 1.29 is 13.5 Å². The van der Waals surface area contributed by atoms with Gasteiger partial charge >= 0.3 is 0 Å². The third-order valence-electron chi connectivity index (χ3n) is 2.11. The van der Waals surface area contributed by atoms with E-state index in [0.717, 1.165) is 12.8 Å². The van der Waals surface area contributed by atoms with E-state index >= 15 is 0 Å². The van der Waals surface area contributed by atoms with Gasteiger partial charge in [0.2, 0.25) is 0 Å². The van der Waals surface area contributed by atoms with E-state index in [0.29, 0.717) is 13.0 Å². The molecule has 0 saturated carbocycles. The van der Waals surface area contributed by atoms with E-state index in [1.165, 1.54) is 11.4 Å². The Morgan fingerprint density at radius 1 is 1.47 bits per heavy atom. The lowest BCUT2D eigenvalue weighted by Crippen LogP contribution is -2.43. The summed E-state index contributed by atoms with van der Waals surface area (Å²) in [7, 11) is -1.87. The van der Waals surface area contributed by atoms with Gasteiger partial charge in [-0.1, -0.05) is 13.3 Å². The largest absolute Gasteiger partial charge is 0.396 e. The first kappa shape index (κ1) is 14.8. The van der Waals surface area contributed by atoms with Crippen molar-refractivity contribution in [1.82, 2.24) is 9.03 Å². The van der Waals surface area contributed by atoms with E-state index < -0.39 is 10.2 Å². The molecule has 2 N–H and O–H groups in total. The van der Waals surface area contributed by atoms with E-state index in [4.69, 9.17) is 5.11 Å². The van der Waals surface area contributed by atoms with Gasteiger partial charge in [0.05, 0.1) is 0 Å². The van der Waals surface area contributed by atoms with Crippen LogP contribution in [0.3, 0.4) is 0 Å². The minimum Gasteiger partial charge on any atom is -0.396 e. The second-order valence-corrected chi connectivity index (χ2v) is 5.52. The van der Waals surface area contributed by atoms with Crippen LogP contribution in [-0.2, 0) is 10.2 Å². The summed E-state index contributed by atoms with van der Waals surface area (Å²) in [5, 5.41) is 8.61. The molecule has 0 aromatic rings. The number of aliphatic hydroxyl groups is 1. The zero-order valence-electron chi connectivity index (χ0n) is 9.73. The molecule has 0 aliphatic carbocycles. The molecule has 0 aliphatic heterocycles. The third kappa shape index (κ3) is 6.09. The zero-order valence-corrected chi connectivity index (χ0v) is 10.5. The molecule has 0 fully saturated rings. The van der Waals surface area contributed by atoms with Crippen LogP contribution < -0.4 is 4.72 Å². The Morgan fingerprint density at radius 2 is 2.07 bits per heavy atom. The first-order valence-corrected chi connectivity index (χ1v) is 6.72. The summed E-state index contributed by atoms with van der Waals surface area (Å²) in [6, 6.07) is -0.0448. The van der Waals surface area contributed by atoms with Crippen molar-refractivity contribution in [2.24, 2.45) is 0 Å². The molecule has 0 radical (unpaired) electrons. The maximum Gasteiger partial charge on any atom is 0.279 e. The van der Waals surface area contributed by atoms with E-state index in [1.54, 1.807) is 0 Å². The van der Waals surface area contributed by atoms with E-state index in [9.17, 15) is 8.42 Å². The molecule has 6 heteroatoms. The minimum absolute atomic E-state index is 0.00434. The van der Waals surface area contributed by atoms with E-state index in [2.05, 4.69) is 4.72 Å². The Hall–Kier alpha value is -0.170. The molecular weight excluding hydrogens is 216 g/mol. The standard InChI is InChI=1S/C9H22N2O3S/c1-4-6-9(2)10-15(13,14)11(3)7-5-8-12/h9-10,12H,4-8H2,1-3H3. The summed E-state index contributed by atoms with van der Waals surface area (Å²) < 4.78 is 27.1. The fraction of sp³-hybridized carbons (Fsp3) is 1.00. The summed E-state index contributed by atoms with van der Waals surface area (Å²) in [4.78, 5) is 0. The molecule has 92 valence electrons. The summed E-state index contributed by atoms with van der Waals surface area (Å²) >= 11 is 0. The third-order valence-corrected chi connectivity index (χ3v) is 3.82. The predicted molar refractivity (Wildman–Crippen MR) is 60.8 cm³/mol. The molecule has 1 atom stereocenters. The highest BCUT2D eigenvalue weighted by molar-refractivity contribution is 7.87. The van der Waals surface area contributed by atoms with Crippen LogP contribution in [0.2, 0.25) is 0 Å². The molecule has 0 aromatic carbocycles. The molecule has 15 heavy (non-hydrogen) atoms. The van der Waals surface area contributed by atoms with Gasteiger partial charge in [0.15, 0.2) is 0 Å². The normalized spacial score (nSPS) is 14.5. The van der Waals surface area contributed by atoms with Crippen LogP contribution in [0.1, 0.15) is 33.1 Å². The monoisotopic (exact) mass is 238 g/mol. The van der Waals surface area contributed by atoms with Gasteiger partial charge in [0.25, 0.3) is 10.2 Å². The molecule has 0 spiro atoms. The van der Waals surface area contributed by atoms with Crippen molar-refractivity contribution in [2.75, 3.05) is 20.2 Å². The average Bonchev–Trinajstić information content (AvgIpc) is 2.13. The van der Waals surface area contributed by atoms with Crippen molar-refractivity contribution in [3.05, 3.63) is 0 Å². The first-order chi connectivity index (χ1) is 6.94. The van der Waals surface area contributed by atoms with Gasteiger partial charge in [-0.15, -0.1) is 0 Å². The Balaban J connectivity index is 4.16. The van der Waals surface area contributed by atoms with Crippen molar-refractivity contribution in [1.29, 1.82) is 0 Å². The lowest BCUT2D eigenvalue weighted by Gasteiger charge is -2.20. The minimum atomic E-state index is -3.38. The Labute approximate surface area is 92.7 Å². The fourth-order valence-corrected chi connectivity index (χ4v) is 2.43. The van der Waals surface area contributed by atoms with Gasteiger partial charge in [-0.05, 0) is 19.8 Å². The summed E-state index contributed by atoms with van der Waals surface area (Å²) in [6.45, 7) is 4.20. The number of nitrogens with one attached hydrogen (secondary N) is 1. The Kier molecular flexibility index (Phi) is 7.08. The molecule has 0 heterocycles. The van der Waals surface area contributed by atoms with Gasteiger partial charge in [0, 0.05) is 26.2 Å². The number of hydrogen-bond donors (Lipinski definition) is 2. The second-order valence-electron chi connectivity index (χ2n) is 3.71. The topological polar surface area (TPSA) is 69.6 Å². The Morgan fingerprint density at radius 3 is 2.53 bits per heavy atom. The molecule has 1 unspecified atom stereocenters. The van der Waals surface area contributed by atoms with E-state index in [1.807, 2.05) is 13.8 Å². The highest BCUT2D eigenvalue weighted by Gasteiger charge is 2.18. The first-order valence-electron chi connectivity index (χ1n) is 5.28. The highest BCUT2D eigenvalue weighted by Crippen LogP contribution is 2.01. The van der Waals surface area contributed by atoms with Crippen LogP contribution in [-0.4, -0.2) is 44.1 Å². The van der Waals surface area contributed by atoms with Crippen LogP contribution in [0.25, 0.3) is 0 Å². The summed E-state index contributed by atoms with van der Waals surface area (Å²) in [6.07, 6.45) is 2.23. The summed E-state index contributed by atoms with van der Waals surface area (Å²) in [5.41, 5.74) is 0. The maximum atomic E-state index is 11.7. The lowest BCUT2D eigenvalue weighted by atomic mass is 10.2. The van der Waals surface area contributed by atoms with Crippen molar-refractivity contribution in [3.63, 3.8) is 0 Å². The predicted octanol–water partition coefficient (Wildman–Crippen LogP) is 0.324. The van der Waals surface area contributed by atoms with Gasteiger partial charge in [-0.3, -0.25) is 0 Å². The number of hydrogen-bond acceptors (Lipinski definition) is 3. The maximum absolute atomic E-state index is 11.7. The lowest BCUT2D eigenvalue weighted by molar-refractivity contribution is 0.275. The molecular formula is C9H22N2O3S. The molecule has 0 aliphatic rings. The van der Waals surface area contributed by atoms with Crippen LogP contribution >= 0.6 is 0 Å². The fourth-order valence-electron chi connectivity index (χ4n) is 1.25. The van der Waals surface area contributed by atoms with Crippen molar-refractivity contribution in [2.45, 2.75) is 39.2 Å². The Bertz CT molecular complexity index is 254. The number of aliphatic hydroxyl groups excluding tert-OH is 1. The van der Waals surface area contributed by atoms with E-state index in [-0.39, 0.29) is 12.6 Å². The van der Waals surface area contributed by atoms with Gasteiger partial charge in [0.1, 0.15) is 0 Å². The SMILES string of the molecule is CCCC(C)NS(=O)(=O)N(C)CCCO. The van der Waals surface area contributed by atoms with Gasteiger partial charge in [-0.25, -0.2) is 0 Å². The molecule has 0 saturated heterocycles. The smallest absolute Gasteiger partial charge is 0.279 e. The number of rotatable bonds is 8. The molecule has 0 aromatic heterocycles.